The zero-order valence-corrected chi connectivity index (χ0v) is 14.2. The summed E-state index contributed by atoms with van der Waals surface area (Å²) in [5.74, 6) is 0.282. The van der Waals surface area contributed by atoms with Crippen molar-refractivity contribution in [3.63, 3.8) is 0 Å². The number of nitrogens with two attached hydrogens (primary N) is 1. The molecular formula is C17H26N2O2S. The predicted octanol–water partition coefficient (Wildman–Crippen LogP) is 2.47. The maximum atomic E-state index is 12.3. The number of thiophene rings is 1. The third-order valence-electron chi connectivity index (χ3n) is 4.71. The molecule has 1 aromatic rings. The molecule has 3 N–H and O–H groups in total. The average Bonchev–Trinajstić information content (AvgIpc) is 3.07. The molecular weight excluding hydrogens is 296 g/mol. The van der Waals surface area contributed by atoms with Crippen LogP contribution in [-0.4, -0.2) is 24.8 Å². The van der Waals surface area contributed by atoms with Gasteiger partial charge in [-0.2, -0.15) is 0 Å². The van der Waals surface area contributed by atoms with Crippen molar-refractivity contribution in [1.82, 2.24) is 5.32 Å². The van der Waals surface area contributed by atoms with E-state index < -0.39 is 6.04 Å². The molecule has 2 rings (SSSR count). The molecule has 0 bridgehead atoms. The van der Waals surface area contributed by atoms with Gasteiger partial charge < -0.3 is 15.8 Å². The molecule has 1 atom stereocenters. The fraction of sp³-hybridized carbons (Fsp3) is 0.647. The number of aldehydes is 1. The van der Waals surface area contributed by atoms with Gasteiger partial charge >= 0.3 is 0 Å². The molecule has 1 aliphatic carbocycles. The van der Waals surface area contributed by atoms with Crippen LogP contribution in [0, 0.1) is 11.8 Å². The highest BCUT2D eigenvalue weighted by Gasteiger charge is 2.30. The van der Waals surface area contributed by atoms with E-state index in [9.17, 15) is 9.59 Å². The molecule has 0 radical (unpaired) electrons. The van der Waals surface area contributed by atoms with Crippen molar-refractivity contribution in [2.75, 3.05) is 6.54 Å². The van der Waals surface area contributed by atoms with Crippen LogP contribution in [0.4, 0.5) is 0 Å². The van der Waals surface area contributed by atoms with Crippen LogP contribution in [0.1, 0.15) is 44.4 Å². The van der Waals surface area contributed by atoms with Crippen molar-refractivity contribution in [3.05, 3.63) is 22.4 Å². The van der Waals surface area contributed by atoms with Crippen LogP contribution < -0.4 is 11.1 Å². The molecule has 0 aromatic carbocycles. The van der Waals surface area contributed by atoms with Gasteiger partial charge in [0.2, 0.25) is 5.91 Å². The first kappa shape index (κ1) is 17.2. The van der Waals surface area contributed by atoms with Gasteiger partial charge in [0.15, 0.2) is 0 Å². The maximum absolute atomic E-state index is 12.3. The quantitative estimate of drug-likeness (QED) is 0.790. The van der Waals surface area contributed by atoms with E-state index >= 15 is 0 Å². The second kappa shape index (κ2) is 7.38. The zero-order valence-electron chi connectivity index (χ0n) is 13.4. The molecule has 1 aromatic heterocycles. The number of hydrogen-bond acceptors (Lipinski definition) is 4. The summed E-state index contributed by atoms with van der Waals surface area (Å²) in [4.78, 5) is 24.4. The fourth-order valence-electron chi connectivity index (χ4n) is 3.03. The van der Waals surface area contributed by atoms with Crippen molar-refractivity contribution in [2.45, 2.75) is 51.0 Å². The fourth-order valence-corrected chi connectivity index (χ4v) is 3.88. The normalized spacial score (nSPS) is 23.8. The van der Waals surface area contributed by atoms with Gasteiger partial charge in [0.05, 0.1) is 6.04 Å². The van der Waals surface area contributed by atoms with E-state index in [1.807, 2.05) is 6.07 Å². The van der Waals surface area contributed by atoms with E-state index in [0.29, 0.717) is 6.54 Å². The van der Waals surface area contributed by atoms with Gasteiger partial charge in [-0.25, -0.2) is 0 Å². The van der Waals surface area contributed by atoms with Crippen LogP contribution in [0.5, 0.6) is 0 Å². The predicted molar refractivity (Wildman–Crippen MR) is 89.8 cm³/mol. The van der Waals surface area contributed by atoms with E-state index in [0.717, 1.165) is 32.0 Å². The Balaban J connectivity index is 1.83. The maximum Gasteiger partial charge on any atom is 0.237 e. The first-order valence-electron chi connectivity index (χ1n) is 7.96. The van der Waals surface area contributed by atoms with Crippen LogP contribution in [0.2, 0.25) is 0 Å². The summed E-state index contributed by atoms with van der Waals surface area (Å²) in [6.07, 6.45) is 4.48. The van der Waals surface area contributed by atoms with Crippen LogP contribution in [0.15, 0.2) is 17.5 Å². The Bertz CT molecular complexity index is 491. The van der Waals surface area contributed by atoms with E-state index in [-0.39, 0.29) is 23.2 Å². The highest BCUT2D eigenvalue weighted by Crippen LogP contribution is 2.30. The highest BCUT2D eigenvalue weighted by atomic mass is 32.1. The molecule has 1 heterocycles. The van der Waals surface area contributed by atoms with Crippen LogP contribution >= 0.6 is 11.3 Å². The van der Waals surface area contributed by atoms with E-state index in [1.165, 1.54) is 4.88 Å². The number of carbonyl (C=O) groups is 2. The lowest BCUT2D eigenvalue weighted by Crippen LogP contribution is -2.49. The molecule has 1 amide bonds. The second-order valence-electron chi connectivity index (χ2n) is 6.92. The molecule has 1 fully saturated rings. The molecule has 0 spiro atoms. The first-order valence-corrected chi connectivity index (χ1v) is 8.84. The number of nitrogens with one attached hydrogen (secondary N) is 1. The Morgan fingerprint density at radius 3 is 2.68 bits per heavy atom. The summed E-state index contributed by atoms with van der Waals surface area (Å²) in [6, 6.07) is 3.66. The molecule has 5 heteroatoms. The van der Waals surface area contributed by atoms with Crippen molar-refractivity contribution < 1.29 is 9.59 Å². The third kappa shape index (κ3) is 4.17. The van der Waals surface area contributed by atoms with Crippen molar-refractivity contribution >= 4 is 23.5 Å². The Hall–Kier alpha value is -1.20. The lowest BCUT2D eigenvalue weighted by atomic mass is 9.79. The smallest absolute Gasteiger partial charge is 0.237 e. The van der Waals surface area contributed by atoms with Gasteiger partial charge in [0, 0.05) is 22.8 Å². The number of carbonyl (C=O) groups excluding carboxylic acids is 2. The average molecular weight is 322 g/mol. The van der Waals surface area contributed by atoms with E-state index in [1.54, 1.807) is 11.3 Å². The van der Waals surface area contributed by atoms with E-state index in [4.69, 9.17) is 5.73 Å². The summed E-state index contributed by atoms with van der Waals surface area (Å²) in [5, 5.41) is 5.06. The van der Waals surface area contributed by atoms with E-state index in [2.05, 4.69) is 30.6 Å². The summed E-state index contributed by atoms with van der Waals surface area (Å²) >= 11 is 1.71. The number of hydrogen-bond donors (Lipinski definition) is 2. The van der Waals surface area contributed by atoms with Crippen molar-refractivity contribution in [3.8, 4) is 0 Å². The molecule has 1 saturated carbocycles. The summed E-state index contributed by atoms with van der Waals surface area (Å²) in [6.45, 7) is 4.84. The Labute approximate surface area is 136 Å². The molecule has 4 nitrogen and oxygen atoms in total. The minimum Gasteiger partial charge on any atom is -0.354 e. The molecule has 1 aliphatic rings. The molecule has 0 saturated heterocycles. The Kier molecular flexibility index (Phi) is 5.75. The lowest BCUT2D eigenvalue weighted by molar-refractivity contribution is -0.124. The highest BCUT2D eigenvalue weighted by molar-refractivity contribution is 7.10. The molecule has 22 heavy (non-hydrogen) atoms. The standard InChI is InChI=1S/C17H26N2O2S/c1-17(2,14-4-3-9-22-14)11-19-16(21)15(18)13-7-5-12(10-20)6-8-13/h3-4,9-10,12-13,15H,5-8,11,18H2,1-2H3,(H,19,21). The van der Waals surface area contributed by atoms with Crippen LogP contribution in [0.25, 0.3) is 0 Å². The van der Waals surface area contributed by atoms with Gasteiger partial charge in [-0.05, 0) is 43.0 Å². The van der Waals surface area contributed by atoms with Crippen molar-refractivity contribution in [1.29, 1.82) is 0 Å². The SMILES string of the molecule is CC(C)(CNC(=O)C(N)C1CCC(C=O)CC1)c1cccs1. The first-order chi connectivity index (χ1) is 10.4. The number of rotatable bonds is 6. The molecule has 0 aliphatic heterocycles. The number of amides is 1. The topological polar surface area (TPSA) is 72.2 Å². The van der Waals surface area contributed by atoms with Gasteiger partial charge in [0.25, 0.3) is 0 Å². The second-order valence-corrected chi connectivity index (χ2v) is 7.86. The van der Waals surface area contributed by atoms with Gasteiger partial charge in [-0.1, -0.05) is 19.9 Å². The van der Waals surface area contributed by atoms with Crippen LogP contribution in [0.3, 0.4) is 0 Å². The largest absolute Gasteiger partial charge is 0.354 e. The Morgan fingerprint density at radius 1 is 1.45 bits per heavy atom. The minimum absolute atomic E-state index is 0.0702. The monoisotopic (exact) mass is 322 g/mol. The summed E-state index contributed by atoms with van der Waals surface area (Å²) < 4.78 is 0. The minimum atomic E-state index is -0.466. The van der Waals surface area contributed by atoms with Gasteiger partial charge in [0.1, 0.15) is 6.29 Å². The Morgan fingerprint density at radius 2 is 2.14 bits per heavy atom. The third-order valence-corrected chi connectivity index (χ3v) is 5.95. The summed E-state index contributed by atoms with van der Waals surface area (Å²) in [7, 11) is 0. The van der Waals surface area contributed by atoms with Gasteiger partial charge in [-0.15, -0.1) is 11.3 Å². The summed E-state index contributed by atoms with van der Waals surface area (Å²) in [5.41, 5.74) is 6.04. The van der Waals surface area contributed by atoms with Gasteiger partial charge in [-0.3, -0.25) is 4.79 Å². The molecule has 1 unspecified atom stereocenters. The molecule has 122 valence electrons. The zero-order chi connectivity index (χ0) is 16.2. The van der Waals surface area contributed by atoms with Crippen LogP contribution in [-0.2, 0) is 15.0 Å². The van der Waals surface area contributed by atoms with Crippen molar-refractivity contribution in [2.24, 2.45) is 17.6 Å². The lowest BCUT2D eigenvalue weighted by Gasteiger charge is -2.30.